The Morgan fingerprint density at radius 2 is 0.966 bits per heavy atom. The second kappa shape index (κ2) is 38.4. The number of rotatable bonds is 43. The lowest BCUT2D eigenvalue weighted by Crippen LogP contribution is -2.39. The standard InChI is InChI=1S/C51H92N2O6/c1-6-11-16-24-33-45(34-25-17-12-7-2)43-59-48(55)37-27-21-19-23-29-40-53(41-30-38-52-49-46(35-15-10-5)50(56)51(49)57)39-28-22-18-20-26-36-47(54)58-42-44(31-13-8-3)32-14-9-4/h10,15,44-45,52H,6-9,11-14,16-43H2,1-5H3/b15-10+. The predicted molar refractivity (Wildman–Crippen MR) is 250 cm³/mol. The van der Waals surface area contributed by atoms with Gasteiger partial charge >= 0.3 is 11.9 Å². The Balaban J connectivity index is 2.43. The fourth-order valence-corrected chi connectivity index (χ4v) is 8.07. The zero-order valence-electron chi connectivity index (χ0n) is 39.2. The molecule has 1 N–H and O–H groups in total. The molecule has 59 heavy (non-hydrogen) atoms. The van der Waals surface area contributed by atoms with Crippen molar-refractivity contribution in [2.45, 2.75) is 227 Å². The molecule has 0 unspecified atom stereocenters. The number of nitrogens with zero attached hydrogens (tertiary/aromatic N) is 1. The van der Waals surface area contributed by atoms with E-state index in [-0.39, 0.29) is 22.8 Å². The van der Waals surface area contributed by atoms with Crippen molar-refractivity contribution in [2.75, 3.05) is 44.7 Å². The first-order chi connectivity index (χ1) is 28.8. The lowest BCUT2D eigenvalue weighted by molar-refractivity contribution is -0.146. The van der Waals surface area contributed by atoms with Gasteiger partial charge in [0.05, 0.1) is 18.9 Å². The Hall–Kier alpha value is -2.48. The number of anilines is 1. The number of carbonyl (C=O) groups excluding carboxylic acids is 2. The van der Waals surface area contributed by atoms with E-state index in [0.29, 0.717) is 62.1 Å². The molecule has 342 valence electrons. The Morgan fingerprint density at radius 1 is 0.542 bits per heavy atom. The van der Waals surface area contributed by atoms with Gasteiger partial charge in [-0.05, 0) is 103 Å². The molecule has 0 fully saturated rings. The van der Waals surface area contributed by atoms with Crippen molar-refractivity contribution in [1.82, 2.24) is 4.90 Å². The summed E-state index contributed by atoms with van der Waals surface area (Å²) in [6.07, 6.45) is 36.6. The Kier molecular flexibility index (Phi) is 35.5. The average molecular weight is 829 g/mol. The van der Waals surface area contributed by atoms with E-state index in [1.165, 1.54) is 89.9 Å². The Bertz CT molecular complexity index is 1230. The number of allylic oxidation sites excluding steroid dienone is 2. The van der Waals surface area contributed by atoms with E-state index < -0.39 is 0 Å². The molecule has 0 aliphatic heterocycles. The second-order valence-electron chi connectivity index (χ2n) is 17.5. The van der Waals surface area contributed by atoms with Crippen LogP contribution in [-0.4, -0.2) is 56.2 Å². The van der Waals surface area contributed by atoms with E-state index in [9.17, 15) is 19.2 Å². The molecule has 0 aliphatic rings. The third-order valence-electron chi connectivity index (χ3n) is 12.1. The minimum Gasteiger partial charge on any atom is -0.465 e. The first kappa shape index (κ1) is 54.5. The van der Waals surface area contributed by atoms with E-state index in [1.54, 1.807) is 0 Å². The molecule has 1 aromatic carbocycles. The molecule has 0 radical (unpaired) electrons. The molecule has 8 heteroatoms. The van der Waals surface area contributed by atoms with Gasteiger partial charge < -0.3 is 19.7 Å². The smallest absolute Gasteiger partial charge is 0.305 e. The maximum Gasteiger partial charge on any atom is 0.305 e. The number of unbranched alkanes of at least 4 members (excludes halogenated alkanes) is 16. The number of ether oxygens (including phenoxy) is 2. The lowest BCUT2D eigenvalue weighted by atomic mass is 9.95. The SMILES string of the molecule is C/C=C/Cc1c(NCCCN(CCCCCCCC(=O)OCC(CCCC)CCCC)CCCCCCCC(=O)OCC(CCCCCC)CCCCCC)c(=O)c1=O. The van der Waals surface area contributed by atoms with Crippen LogP contribution in [0.3, 0.4) is 0 Å². The van der Waals surface area contributed by atoms with Gasteiger partial charge in [-0.15, -0.1) is 0 Å². The highest BCUT2D eigenvalue weighted by Gasteiger charge is 2.19. The molecule has 1 rings (SSSR count). The topological polar surface area (TPSA) is 102 Å². The Labute approximate surface area is 362 Å². The first-order valence-electron chi connectivity index (χ1n) is 25.0. The molecule has 0 spiro atoms. The van der Waals surface area contributed by atoms with Crippen LogP contribution in [0.4, 0.5) is 5.69 Å². The summed E-state index contributed by atoms with van der Waals surface area (Å²) in [6, 6.07) is 0. The van der Waals surface area contributed by atoms with Crippen molar-refractivity contribution in [3.8, 4) is 0 Å². The normalized spacial score (nSPS) is 11.9. The van der Waals surface area contributed by atoms with Crippen LogP contribution in [0.15, 0.2) is 21.7 Å². The van der Waals surface area contributed by atoms with Gasteiger partial charge in [-0.1, -0.05) is 155 Å². The number of nitrogens with one attached hydrogen (secondary N) is 1. The van der Waals surface area contributed by atoms with Crippen molar-refractivity contribution < 1.29 is 19.1 Å². The first-order valence-corrected chi connectivity index (χ1v) is 25.0. The van der Waals surface area contributed by atoms with Gasteiger partial charge in [-0.25, -0.2) is 0 Å². The monoisotopic (exact) mass is 829 g/mol. The molecule has 0 saturated carbocycles. The molecular weight excluding hydrogens is 737 g/mol. The van der Waals surface area contributed by atoms with Crippen LogP contribution in [0.2, 0.25) is 0 Å². The summed E-state index contributed by atoms with van der Waals surface area (Å²) >= 11 is 0. The van der Waals surface area contributed by atoms with Gasteiger partial charge in [0.25, 0.3) is 0 Å². The summed E-state index contributed by atoms with van der Waals surface area (Å²) < 4.78 is 11.5. The summed E-state index contributed by atoms with van der Waals surface area (Å²) in [4.78, 5) is 51.8. The van der Waals surface area contributed by atoms with Gasteiger partial charge in [-0.3, -0.25) is 19.2 Å². The maximum atomic E-state index is 12.6. The van der Waals surface area contributed by atoms with Crippen LogP contribution in [-0.2, 0) is 25.5 Å². The molecule has 0 atom stereocenters. The van der Waals surface area contributed by atoms with Crippen LogP contribution in [0.5, 0.6) is 0 Å². The summed E-state index contributed by atoms with van der Waals surface area (Å²) in [5.41, 5.74) is 0.375. The lowest BCUT2D eigenvalue weighted by Gasteiger charge is -2.23. The van der Waals surface area contributed by atoms with Crippen molar-refractivity contribution >= 4 is 17.6 Å². The Morgan fingerprint density at radius 3 is 1.44 bits per heavy atom. The van der Waals surface area contributed by atoms with Gasteiger partial charge in [0.1, 0.15) is 0 Å². The van der Waals surface area contributed by atoms with E-state index in [1.807, 2.05) is 19.1 Å². The molecule has 0 aliphatic carbocycles. The number of carbonyl (C=O) groups is 2. The zero-order valence-corrected chi connectivity index (χ0v) is 39.2. The van der Waals surface area contributed by atoms with Crippen LogP contribution in [0.1, 0.15) is 226 Å². The molecule has 0 bridgehead atoms. The van der Waals surface area contributed by atoms with Crippen molar-refractivity contribution in [3.05, 3.63) is 38.2 Å². The molecule has 8 nitrogen and oxygen atoms in total. The summed E-state index contributed by atoms with van der Waals surface area (Å²) in [5, 5.41) is 3.26. The van der Waals surface area contributed by atoms with Gasteiger partial charge in [-0.2, -0.15) is 0 Å². The summed E-state index contributed by atoms with van der Waals surface area (Å²) in [7, 11) is 0. The molecule has 0 saturated heterocycles. The minimum atomic E-state index is -0.383. The highest BCUT2D eigenvalue weighted by molar-refractivity contribution is 5.69. The maximum absolute atomic E-state index is 12.6. The number of hydrogen-bond donors (Lipinski definition) is 1. The molecule has 0 amide bonds. The molecular formula is C51H92N2O6. The van der Waals surface area contributed by atoms with E-state index >= 15 is 0 Å². The van der Waals surface area contributed by atoms with Gasteiger partial charge in [0.2, 0.25) is 10.9 Å². The quantitative estimate of drug-likeness (QED) is 0.0300. The van der Waals surface area contributed by atoms with E-state index in [2.05, 4.69) is 37.9 Å². The van der Waals surface area contributed by atoms with Gasteiger partial charge in [0, 0.05) is 24.9 Å². The second-order valence-corrected chi connectivity index (χ2v) is 17.5. The minimum absolute atomic E-state index is 0.0248. The van der Waals surface area contributed by atoms with E-state index in [4.69, 9.17) is 9.47 Å². The third-order valence-corrected chi connectivity index (χ3v) is 12.1. The van der Waals surface area contributed by atoms with Crippen molar-refractivity contribution in [1.29, 1.82) is 0 Å². The predicted octanol–water partition coefficient (Wildman–Crippen LogP) is 12.8. The fourth-order valence-electron chi connectivity index (χ4n) is 8.07. The van der Waals surface area contributed by atoms with Crippen LogP contribution >= 0.6 is 0 Å². The van der Waals surface area contributed by atoms with Crippen LogP contribution in [0, 0.1) is 11.8 Å². The fraction of sp³-hybridized carbons (Fsp3) is 0.843. The van der Waals surface area contributed by atoms with E-state index in [0.717, 1.165) is 103 Å². The zero-order chi connectivity index (χ0) is 43.2. The number of esters is 2. The highest BCUT2D eigenvalue weighted by Crippen LogP contribution is 2.20. The molecule has 1 aromatic rings. The number of hydrogen-bond acceptors (Lipinski definition) is 8. The summed E-state index contributed by atoms with van der Waals surface area (Å²) in [6.45, 7) is 15.7. The van der Waals surface area contributed by atoms with Crippen molar-refractivity contribution in [2.24, 2.45) is 11.8 Å². The molecule has 0 heterocycles. The van der Waals surface area contributed by atoms with Crippen molar-refractivity contribution in [3.63, 3.8) is 0 Å². The van der Waals surface area contributed by atoms with Gasteiger partial charge in [0.15, 0.2) is 0 Å². The largest absolute Gasteiger partial charge is 0.465 e. The van der Waals surface area contributed by atoms with Crippen LogP contribution in [0.25, 0.3) is 0 Å². The molecule has 0 aromatic heterocycles. The average Bonchev–Trinajstić information content (AvgIpc) is 3.24. The summed E-state index contributed by atoms with van der Waals surface area (Å²) in [5.74, 6) is 0.959. The van der Waals surface area contributed by atoms with Crippen LogP contribution < -0.4 is 16.2 Å². The third kappa shape index (κ3) is 28.6. The highest BCUT2D eigenvalue weighted by atomic mass is 16.5.